The van der Waals surface area contributed by atoms with Gasteiger partial charge in [-0.1, -0.05) is 48.5 Å². The van der Waals surface area contributed by atoms with Crippen LogP contribution < -0.4 is 10.6 Å². The molecular weight excluding hydrogens is 412 g/mol. The summed E-state index contributed by atoms with van der Waals surface area (Å²) in [5.74, 6) is 1.13. The van der Waals surface area contributed by atoms with E-state index in [2.05, 4.69) is 27.8 Å². The van der Waals surface area contributed by atoms with Crippen LogP contribution in [0.1, 0.15) is 12.6 Å². The van der Waals surface area contributed by atoms with Crippen molar-refractivity contribution in [2.45, 2.75) is 13.5 Å². The first-order valence-corrected chi connectivity index (χ1v) is 10.6. The molecule has 0 aliphatic heterocycles. The molecule has 0 radical (unpaired) electrons. The van der Waals surface area contributed by atoms with Gasteiger partial charge in [0, 0.05) is 36.1 Å². The minimum Gasteiger partial charge on any atom is -0.363 e. The SMILES string of the molecule is CC(=O)Nc1cccc(-c2nc(NCc3ccccn3)c3c(-c4ccccc4)ccn3n2)c1. The summed E-state index contributed by atoms with van der Waals surface area (Å²) in [6.45, 7) is 2.01. The Morgan fingerprint density at radius 1 is 0.939 bits per heavy atom. The van der Waals surface area contributed by atoms with Crippen LogP contribution in [-0.4, -0.2) is 25.5 Å². The smallest absolute Gasteiger partial charge is 0.221 e. The zero-order valence-electron chi connectivity index (χ0n) is 18.1. The highest BCUT2D eigenvalue weighted by atomic mass is 16.1. The molecule has 0 atom stereocenters. The van der Waals surface area contributed by atoms with Crippen LogP contribution in [-0.2, 0) is 11.3 Å². The molecule has 0 spiro atoms. The summed E-state index contributed by atoms with van der Waals surface area (Å²) in [6, 6.07) is 25.6. The van der Waals surface area contributed by atoms with E-state index >= 15 is 0 Å². The molecule has 7 heteroatoms. The van der Waals surface area contributed by atoms with Crippen LogP contribution in [0, 0.1) is 0 Å². The number of carbonyl (C=O) groups is 1. The summed E-state index contributed by atoms with van der Waals surface area (Å²) in [5.41, 5.74) is 5.43. The van der Waals surface area contributed by atoms with Crippen LogP contribution >= 0.6 is 0 Å². The van der Waals surface area contributed by atoms with E-state index in [0.717, 1.165) is 27.9 Å². The normalized spacial score (nSPS) is 10.8. The standard InChI is InChI=1S/C26H22N6O/c1-18(33)29-21-12-7-10-20(16-21)25-30-26(28-17-22-11-5-6-14-27-22)24-23(13-15-32(24)31-25)19-8-3-2-4-9-19/h2-16H,17H2,1H3,(H,29,33)(H,28,30,31). The Labute approximate surface area is 191 Å². The number of nitrogens with zero attached hydrogens (tertiary/aromatic N) is 4. The first-order valence-electron chi connectivity index (χ1n) is 10.6. The van der Waals surface area contributed by atoms with Crippen molar-refractivity contribution >= 4 is 22.9 Å². The second-order valence-electron chi connectivity index (χ2n) is 7.61. The van der Waals surface area contributed by atoms with Crippen LogP contribution in [0.5, 0.6) is 0 Å². The lowest BCUT2D eigenvalue weighted by Gasteiger charge is -2.12. The maximum Gasteiger partial charge on any atom is 0.221 e. The molecule has 0 aliphatic rings. The maximum absolute atomic E-state index is 11.5. The van der Waals surface area contributed by atoms with Crippen molar-refractivity contribution < 1.29 is 4.79 Å². The highest BCUT2D eigenvalue weighted by molar-refractivity contribution is 5.90. The maximum atomic E-state index is 11.5. The number of rotatable bonds is 6. The van der Waals surface area contributed by atoms with Crippen LogP contribution in [0.4, 0.5) is 11.5 Å². The van der Waals surface area contributed by atoms with Gasteiger partial charge in [0.05, 0.1) is 12.2 Å². The molecular formula is C26H22N6O. The quantitative estimate of drug-likeness (QED) is 0.392. The van der Waals surface area contributed by atoms with Crippen molar-refractivity contribution in [3.63, 3.8) is 0 Å². The second kappa shape index (κ2) is 8.92. The molecule has 5 aromatic rings. The molecule has 0 saturated carbocycles. The molecule has 1 amide bonds. The Balaban J connectivity index is 1.61. The van der Waals surface area contributed by atoms with E-state index in [1.54, 1.807) is 6.20 Å². The molecule has 0 fully saturated rings. The van der Waals surface area contributed by atoms with Crippen molar-refractivity contribution in [1.29, 1.82) is 0 Å². The average molecular weight is 435 g/mol. The Hall–Kier alpha value is -4.52. The lowest BCUT2D eigenvalue weighted by atomic mass is 10.1. The lowest BCUT2D eigenvalue weighted by Crippen LogP contribution is -2.08. The fourth-order valence-corrected chi connectivity index (χ4v) is 3.74. The Kier molecular flexibility index (Phi) is 5.51. The van der Waals surface area contributed by atoms with Gasteiger partial charge in [0.1, 0.15) is 5.52 Å². The molecule has 7 nitrogen and oxygen atoms in total. The van der Waals surface area contributed by atoms with Gasteiger partial charge < -0.3 is 10.6 Å². The van der Waals surface area contributed by atoms with E-state index in [1.807, 2.05) is 77.4 Å². The number of hydrogen-bond acceptors (Lipinski definition) is 5. The zero-order valence-corrected chi connectivity index (χ0v) is 18.1. The number of pyridine rings is 1. The fraction of sp³-hybridized carbons (Fsp3) is 0.0769. The Morgan fingerprint density at radius 2 is 1.76 bits per heavy atom. The zero-order chi connectivity index (χ0) is 22.6. The minimum absolute atomic E-state index is 0.126. The van der Waals surface area contributed by atoms with E-state index in [4.69, 9.17) is 10.1 Å². The Bertz CT molecular complexity index is 1410. The molecule has 3 aromatic heterocycles. The van der Waals surface area contributed by atoms with Crippen molar-refractivity contribution in [2.75, 3.05) is 10.6 Å². The van der Waals surface area contributed by atoms with Crippen LogP contribution in [0.15, 0.2) is 91.3 Å². The summed E-state index contributed by atoms with van der Waals surface area (Å²) in [5, 5.41) is 11.0. The highest BCUT2D eigenvalue weighted by Crippen LogP contribution is 2.31. The van der Waals surface area contributed by atoms with Gasteiger partial charge in [-0.3, -0.25) is 9.78 Å². The fourth-order valence-electron chi connectivity index (χ4n) is 3.74. The Morgan fingerprint density at radius 3 is 2.55 bits per heavy atom. The second-order valence-corrected chi connectivity index (χ2v) is 7.61. The molecule has 162 valence electrons. The van der Waals surface area contributed by atoms with Crippen LogP contribution in [0.2, 0.25) is 0 Å². The van der Waals surface area contributed by atoms with Crippen LogP contribution in [0.25, 0.3) is 28.0 Å². The lowest BCUT2D eigenvalue weighted by molar-refractivity contribution is -0.114. The van der Waals surface area contributed by atoms with E-state index in [1.165, 1.54) is 6.92 Å². The van der Waals surface area contributed by atoms with Crippen molar-refractivity contribution in [3.05, 3.63) is 97.0 Å². The third kappa shape index (κ3) is 4.43. The number of amides is 1. The van der Waals surface area contributed by atoms with Gasteiger partial charge >= 0.3 is 0 Å². The number of aromatic nitrogens is 4. The van der Waals surface area contributed by atoms with Gasteiger partial charge in [0.25, 0.3) is 0 Å². The summed E-state index contributed by atoms with van der Waals surface area (Å²) in [7, 11) is 0. The van der Waals surface area contributed by atoms with E-state index in [-0.39, 0.29) is 5.91 Å². The number of anilines is 2. The number of hydrogen-bond donors (Lipinski definition) is 2. The third-order valence-corrected chi connectivity index (χ3v) is 5.20. The van der Waals surface area contributed by atoms with Gasteiger partial charge in [0.15, 0.2) is 11.6 Å². The molecule has 0 unspecified atom stereocenters. The molecule has 0 aliphatic carbocycles. The first-order chi connectivity index (χ1) is 16.2. The topological polar surface area (TPSA) is 84.2 Å². The number of benzene rings is 2. The third-order valence-electron chi connectivity index (χ3n) is 5.20. The predicted octanol–water partition coefficient (Wildman–Crippen LogP) is 5.03. The molecule has 2 N–H and O–H groups in total. The largest absolute Gasteiger partial charge is 0.363 e. The van der Waals surface area contributed by atoms with Gasteiger partial charge in [0.2, 0.25) is 5.91 Å². The number of carbonyl (C=O) groups excluding carboxylic acids is 1. The van der Waals surface area contributed by atoms with E-state index in [9.17, 15) is 4.79 Å². The predicted molar refractivity (Wildman–Crippen MR) is 130 cm³/mol. The highest BCUT2D eigenvalue weighted by Gasteiger charge is 2.15. The van der Waals surface area contributed by atoms with E-state index < -0.39 is 0 Å². The molecule has 33 heavy (non-hydrogen) atoms. The average Bonchev–Trinajstić information content (AvgIpc) is 3.28. The van der Waals surface area contributed by atoms with Gasteiger partial charge in [-0.2, -0.15) is 0 Å². The van der Waals surface area contributed by atoms with Crippen molar-refractivity contribution in [1.82, 2.24) is 19.6 Å². The molecule has 0 bridgehead atoms. The first kappa shape index (κ1) is 20.4. The van der Waals surface area contributed by atoms with Gasteiger partial charge in [-0.15, -0.1) is 5.10 Å². The summed E-state index contributed by atoms with van der Waals surface area (Å²) < 4.78 is 1.84. The van der Waals surface area contributed by atoms with Gasteiger partial charge in [-0.05, 0) is 35.9 Å². The number of fused-ring (bicyclic) bond motifs is 1. The molecule has 0 saturated heterocycles. The van der Waals surface area contributed by atoms with Crippen molar-refractivity contribution in [2.24, 2.45) is 0 Å². The van der Waals surface area contributed by atoms with E-state index in [0.29, 0.717) is 23.9 Å². The summed E-state index contributed by atoms with van der Waals surface area (Å²) in [4.78, 5) is 20.8. The molecule has 5 rings (SSSR count). The summed E-state index contributed by atoms with van der Waals surface area (Å²) >= 11 is 0. The van der Waals surface area contributed by atoms with Crippen molar-refractivity contribution in [3.8, 4) is 22.5 Å². The summed E-state index contributed by atoms with van der Waals surface area (Å²) in [6.07, 6.45) is 3.71. The monoisotopic (exact) mass is 434 g/mol. The molecule has 2 aromatic carbocycles. The molecule has 3 heterocycles. The number of nitrogens with one attached hydrogen (secondary N) is 2. The minimum atomic E-state index is -0.126. The van der Waals surface area contributed by atoms with Crippen LogP contribution in [0.3, 0.4) is 0 Å². The van der Waals surface area contributed by atoms with Gasteiger partial charge in [-0.25, -0.2) is 9.50 Å².